The summed E-state index contributed by atoms with van der Waals surface area (Å²) in [4.78, 5) is 51.8. The number of esters is 2. The number of fused-ring (bicyclic) bond motifs is 1. The molecule has 10 nitrogen and oxygen atoms in total. The number of hydrogen-bond donors (Lipinski definition) is 2. The molecule has 2 aromatic carbocycles. The number of hydrazone groups is 1. The van der Waals surface area contributed by atoms with Gasteiger partial charge in [0.1, 0.15) is 16.5 Å². The van der Waals surface area contributed by atoms with Crippen LogP contribution in [0.1, 0.15) is 70.3 Å². The topological polar surface area (TPSA) is 132 Å². The zero-order chi connectivity index (χ0) is 30.9. The minimum Gasteiger partial charge on any atom is -0.494 e. The highest BCUT2D eigenvalue weighted by Gasteiger charge is 2.30. The van der Waals surface area contributed by atoms with Crippen LogP contribution < -0.4 is 20.2 Å². The van der Waals surface area contributed by atoms with Crippen molar-refractivity contribution in [1.82, 2.24) is 5.43 Å². The van der Waals surface area contributed by atoms with Crippen LogP contribution >= 0.6 is 27.3 Å². The SMILES string of the molecule is CCCOc1ccc(C(=O)Oc2ccc(Br)cc2/C=N\NC(=O)C(=O)Nc2sc3c(c2C(=O)OCC)CC[C@@H](C)C3)cc1. The fraction of sp³-hybridized carbons (Fsp3) is 0.323. The van der Waals surface area contributed by atoms with Gasteiger partial charge in [-0.2, -0.15) is 5.10 Å². The van der Waals surface area contributed by atoms with Gasteiger partial charge in [-0.05, 0) is 86.6 Å². The average molecular weight is 671 g/mol. The average Bonchev–Trinajstić information content (AvgIpc) is 3.34. The Hall–Kier alpha value is -4.03. The lowest BCUT2D eigenvalue weighted by molar-refractivity contribution is -0.136. The van der Waals surface area contributed by atoms with Crippen molar-refractivity contribution in [3.63, 3.8) is 0 Å². The van der Waals surface area contributed by atoms with E-state index in [1.165, 1.54) is 17.6 Å². The van der Waals surface area contributed by atoms with Crippen LogP contribution in [0.15, 0.2) is 52.0 Å². The largest absolute Gasteiger partial charge is 0.494 e. The van der Waals surface area contributed by atoms with Crippen molar-refractivity contribution < 1.29 is 33.4 Å². The molecular formula is C31H32BrN3O7S. The van der Waals surface area contributed by atoms with Gasteiger partial charge >= 0.3 is 23.8 Å². The van der Waals surface area contributed by atoms with Crippen LogP contribution in [0.25, 0.3) is 0 Å². The van der Waals surface area contributed by atoms with Crippen LogP contribution in [0.5, 0.6) is 11.5 Å². The molecule has 43 heavy (non-hydrogen) atoms. The van der Waals surface area contributed by atoms with Gasteiger partial charge in [-0.3, -0.25) is 9.59 Å². The minimum absolute atomic E-state index is 0.190. The van der Waals surface area contributed by atoms with Gasteiger partial charge in [0.25, 0.3) is 0 Å². The van der Waals surface area contributed by atoms with Gasteiger partial charge < -0.3 is 19.5 Å². The molecule has 0 aliphatic heterocycles. The summed E-state index contributed by atoms with van der Waals surface area (Å²) >= 11 is 4.66. The number of benzene rings is 2. The minimum atomic E-state index is -1.04. The summed E-state index contributed by atoms with van der Waals surface area (Å²) in [5.74, 6) is -1.84. The van der Waals surface area contributed by atoms with Crippen molar-refractivity contribution in [2.75, 3.05) is 18.5 Å². The molecule has 3 aromatic rings. The number of ether oxygens (including phenoxy) is 3. The van der Waals surface area contributed by atoms with Crippen molar-refractivity contribution in [1.29, 1.82) is 0 Å². The molecule has 0 fully saturated rings. The van der Waals surface area contributed by atoms with Gasteiger partial charge in [-0.15, -0.1) is 11.3 Å². The molecule has 226 valence electrons. The van der Waals surface area contributed by atoms with E-state index in [1.54, 1.807) is 49.4 Å². The second-order valence-electron chi connectivity index (χ2n) is 9.87. The summed E-state index contributed by atoms with van der Waals surface area (Å²) in [7, 11) is 0. The summed E-state index contributed by atoms with van der Waals surface area (Å²) < 4.78 is 17.0. The Labute approximate surface area is 261 Å². The number of amides is 2. The highest BCUT2D eigenvalue weighted by Crippen LogP contribution is 2.40. The zero-order valence-electron chi connectivity index (χ0n) is 24.0. The lowest BCUT2D eigenvalue weighted by atomic mass is 9.88. The maximum atomic E-state index is 12.8. The molecule has 0 saturated carbocycles. The Bertz CT molecular complexity index is 1530. The molecule has 0 unspecified atom stereocenters. The van der Waals surface area contributed by atoms with Crippen molar-refractivity contribution in [2.45, 2.75) is 46.5 Å². The van der Waals surface area contributed by atoms with Gasteiger partial charge in [0, 0.05) is 14.9 Å². The number of thiophene rings is 1. The summed E-state index contributed by atoms with van der Waals surface area (Å²) in [6.45, 7) is 6.62. The molecular weight excluding hydrogens is 638 g/mol. The Morgan fingerprint density at radius 3 is 2.56 bits per heavy atom. The van der Waals surface area contributed by atoms with Gasteiger partial charge in [-0.1, -0.05) is 29.8 Å². The first kappa shape index (κ1) is 31.9. The van der Waals surface area contributed by atoms with E-state index < -0.39 is 23.8 Å². The number of halogens is 1. The smallest absolute Gasteiger partial charge is 0.343 e. The lowest BCUT2D eigenvalue weighted by Gasteiger charge is -2.18. The van der Waals surface area contributed by atoms with E-state index in [4.69, 9.17) is 14.2 Å². The molecule has 12 heteroatoms. The maximum absolute atomic E-state index is 12.8. The molecule has 2 N–H and O–H groups in total. The standard InChI is InChI=1S/C31H32BrN3O7S/c1-4-14-41-22-10-7-19(8-11-22)30(38)42-24-13-9-21(32)16-20(24)17-33-35-28(37)27(36)34-29-26(31(39)40-5-2)23-12-6-18(3)15-25(23)43-29/h7-11,13,16-18H,4-6,12,14-15H2,1-3H3,(H,34,36)(H,35,37)/b33-17-/t18-/m1/s1. The fourth-order valence-electron chi connectivity index (χ4n) is 4.41. The molecule has 4 rings (SSSR count). The third-order valence-corrected chi connectivity index (χ3v) is 8.19. The predicted octanol–water partition coefficient (Wildman–Crippen LogP) is 5.91. The van der Waals surface area contributed by atoms with Crippen LogP contribution in [0, 0.1) is 5.92 Å². The Morgan fingerprint density at radius 1 is 1.07 bits per heavy atom. The van der Waals surface area contributed by atoms with Gasteiger partial charge in [0.2, 0.25) is 0 Å². The Kier molecular flexibility index (Phi) is 11.1. The van der Waals surface area contributed by atoms with Crippen LogP contribution in [-0.4, -0.2) is 43.2 Å². The first-order chi connectivity index (χ1) is 20.7. The van der Waals surface area contributed by atoms with Crippen LogP contribution in [0.3, 0.4) is 0 Å². The second kappa shape index (κ2) is 14.9. The number of rotatable bonds is 10. The molecule has 1 heterocycles. The molecule has 1 aromatic heterocycles. The fourth-order valence-corrected chi connectivity index (χ4v) is 6.18. The molecule has 1 aliphatic carbocycles. The van der Waals surface area contributed by atoms with Gasteiger partial charge in [0.05, 0.1) is 30.6 Å². The van der Waals surface area contributed by atoms with Gasteiger partial charge in [0.15, 0.2) is 0 Å². The number of nitrogens with one attached hydrogen (secondary N) is 2. The van der Waals surface area contributed by atoms with Crippen molar-refractivity contribution in [3.8, 4) is 11.5 Å². The highest BCUT2D eigenvalue weighted by molar-refractivity contribution is 9.10. The maximum Gasteiger partial charge on any atom is 0.343 e. The number of carbonyl (C=O) groups excluding carboxylic acids is 4. The van der Waals surface area contributed by atoms with Crippen molar-refractivity contribution in [2.24, 2.45) is 11.0 Å². The molecule has 2 amide bonds. The third kappa shape index (κ3) is 8.29. The van der Waals surface area contributed by atoms with E-state index in [-0.39, 0.29) is 17.4 Å². The van der Waals surface area contributed by atoms with E-state index in [0.29, 0.717) is 45.9 Å². The number of anilines is 1. The summed E-state index contributed by atoms with van der Waals surface area (Å²) in [5.41, 5.74) is 4.06. The normalized spacial score (nSPS) is 14.1. The molecule has 1 atom stereocenters. The molecule has 1 aliphatic rings. The number of carbonyl (C=O) groups is 4. The third-order valence-electron chi connectivity index (χ3n) is 6.53. The molecule has 0 radical (unpaired) electrons. The summed E-state index contributed by atoms with van der Waals surface area (Å²) in [5, 5.41) is 6.73. The van der Waals surface area contributed by atoms with Gasteiger partial charge in [-0.25, -0.2) is 15.0 Å². The van der Waals surface area contributed by atoms with E-state index in [0.717, 1.165) is 29.7 Å². The highest BCUT2D eigenvalue weighted by atomic mass is 79.9. The van der Waals surface area contributed by atoms with E-state index in [1.807, 2.05) is 6.92 Å². The number of hydrogen-bond acceptors (Lipinski definition) is 9. The zero-order valence-corrected chi connectivity index (χ0v) is 26.4. The van der Waals surface area contributed by atoms with E-state index >= 15 is 0 Å². The van der Waals surface area contributed by atoms with E-state index in [2.05, 4.69) is 38.7 Å². The molecule has 0 saturated heterocycles. The summed E-state index contributed by atoms with van der Waals surface area (Å²) in [6.07, 6.45) is 4.54. The van der Waals surface area contributed by atoms with Crippen molar-refractivity contribution >= 4 is 62.2 Å². The Balaban J connectivity index is 1.42. The summed E-state index contributed by atoms with van der Waals surface area (Å²) in [6, 6.07) is 11.5. The first-order valence-electron chi connectivity index (χ1n) is 13.9. The van der Waals surface area contributed by atoms with Crippen LogP contribution in [0.2, 0.25) is 0 Å². The van der Waals surface area contributed by atoms with Crippen molar-refractivity contribution in [3.05, 3.63) is 74.1 Å². The molecule has 0 bridgehead atoms. The quantitative estimate of drug-likeness (QED) is 0.0902. The second-order valence-corrected chi connectivity index (χ2v) is 11.9. The first-order valence-corrected chi connectivity index (χ1v) is 15.5. The molecule has 0 spiro atoms. The van der Waals surface area contributed by atoms with E-state index in [9.17, 15) is 19.2 Å². The van der Waals surface area contributed by atoms with Crippen LogP contribution in [-0.2, 0) is 27.2 Å². The predicted molar refractivity (Wildman–Crippen MR) is 167 cm³/mol. The lowest BCUT2D eigenvalue weighted by Crippen LogP contribution is -2.32. The Morgan fingerprint density at radius 2 is 1.84 bits per heavy atom. The number of nitrogens with zero attached hydrogens (tertiary/aromatic N) is 1. The monoisotopic (exact) mass is 669 g/mol. The van der Waals surface area contributed by atoms with Crippen LogP contribution in [0.4, 0.5) is 5.00 Å².